The summed E-state index contributed by atoms with van der Waals surface area (Å²) in [4.78, 5) is 19.8. The molecule has 25 heavy (non-hydrogen) atoms. The minimum absolute atomic E-state index is 0.205. The second-order valence-corrected chi connectivity index (χ2v) is 5.43. The molecule has 2 heterocycles. The summed E-state index contributed by atoms with van der Waals surface area (Å²) >= 11 is 0. The van der Waals surface area contributed by atoms with Crippen LogP contribution in [0.3, 0.4) is 0 Å². The van der Waals surface area contributed by atoms with E-state index in [4.69, 9.17) is 9.15 Å². The fourth-order valence-corrected chi connectivity index (χ4v) is 2.50. The molecule has 0 aliphatic heterocycles. The summed E-state index contributed by atoms with van der Waals surface area (Å²) in [6, 6.07) is 18.7. The van der Waals surface area contributed by atoms with Crippen LogP contribution in [0.5, 0.6) is 5.75 Å². The largest absolute Gasteiger partial charge is 0.489 e. The smallest absolute Gasteiger partial charge is 0.294 e. The molecule has 4 aromatic rings. The molecular formula is C19H15N3O3. The second kappa shape index (κ2) is 6.52. The first-order valence-corrected chi connectivity index (χ1v) is 7.80. The van der Waals surface area contributed by atoms with Gasteiger partial charge in [-0.05, 0) is 30.3 Å². The molecule has 2 aromatic heterocycles. The minimum atomic E-state index is -0.379. The zero-order valence-electron chi connectivity index (χ0n) is 13.2. The lowest BCUT2D eigenvalue weighted by atomic mass is 10.2. The van der Waals surface area contributed by atoms with Crippen molar-refractivity contribution in [2.24, 2.45) is 0 Å². The molecule has 0 saturated heterocycles. The van der Waals surface area contributed by atoms with Crippen molar-refractivity contribution in [3.8, 4) is 5.75 Å². The van der Waals surface area contributed by atoms with E-state index < -0.39 is 0 Å². The highest BCUT2D eigenvalue weighted by Crippen LogP contribution is 2.18. The van der Waals surface area contributed by atoms with E-state index in [-0.39, 0.29) is 18.3 Å². The Kier molecular flexibility index (Phi) is 3.92. The quantitative estimate of drug-likeness (QED) is 0.579. The van der Waals surface area contributed by atoms with E-state index in [1.54, 1.807) is 6.07 Å². The number of anilines is 1. The molecule has 2 N–H and O–H groups in total. The average Bonchev–Trinajstić information content (AvgIpc) is 3.27. The number of ether oxygens (including phenoxy) is 1. The molecule has 6 heteroatoms. The Hall–Kier alpha value is -3.54. The molecule has 0 radical (unpaired) electrons. The Balaban J connectivity index is 1.48. The lowest BCUT2D eigenvalue weighted by Crippen LogP contribution is -2.14. The molecule has 1 amide bonds. The highest BCUT2D eigenvalue weighted by Gasteiger charge is 2.17. The maximum atomic E-state index is 12.5. The number of hydrogen-bond donors (Lipinski definition) is 2. The van der Waals surface area contributed by atoms with Crippen LogP contribution in [0.15, 0.2) is 71.3 Å². The number of nitrogens with one attached hydrogen (secondary N) is 2. The van der Waals surface area contributed by atoms with Gasteiger partial charge in [0.1, 0.15) is 12.4 Å². The summed E-state index contributed by atoms with van der Waals surface area (Å²) < 4.78 is 11.0. The van der Waals surface area contributed by atoms with Crippen LogP contribution < -0.4 is 10.1 Å². The fraction of sp³-hybridized carbons (Fsp3) is 0.0526. The Morgan fingerprint density at radius 3 is 2.72 bits per heavy atom. The molecule has 0 bridgehead atoms. The molecule has 0 saturated carbocycles. The van der Waals surface area contributed by atoms with Crippen molar-refractivity contribution >= 4 is 22.9 Å². The lowest BCUT2D eigenvalue weighted by Gasteiger charge is -2.06. The molecule has 0 spiro atoms. The number of aromatic amines is 1. The van der Waals surface area contributed by atoms with Crippen molar-refractivity contribution in [1.29, 1.82) is 0 Å². The molecule has 0 fully saturated rings. The van der Waals surface area contributed by atoms with Crippen LogP contribution in [0.2, 0.25) is 0 Å². The van der Waals surface area contributed by atoms with Crippen LogP contribution in [0.25, 0.3) is 11.0 Å². The molecule has 2 aromatic carbocycles. The Morgan fingerprint density at radius 1 is 1.08 bits per heavy atom. The van der Waals surface area contributed by atoms with Crippen molar-refractivity contribution in [1.82, 2.24) is 9.97 Å². The third kappa shape index (κ3) is 3.23. The number of rotatable bonds is 5. The van der Waals surface area contributed by atoms with Crippen molar-refractivity contribution in [2.75, 3.05) is 5.32 Å². The van der Waals surface area contributed by atoms with E-state index in [2.05, 4.69) is 15.3 Å². The Morgan fingerprint density at radius 2 is 1.88 bits per heavy atom. The number of imidazole rings is 1. The highest BCUT2D eigenvalue weighted by atomic mass is 16.5. The number of hydrogen-bond acceptors (Lipinski definition) is 4. The predicted octanol–water partition coefficient (Wildman–Crippen LogP) is 3.99. The van der Waals surface area contributed by atoms with E-state index in [0.29, 0.717) is 11.5 Å². The molecule has 0 aliphatic carbocycles. The summed E-state index contributed by atoms with van der Waals surface area (Å²) in [6.07, 6.45) is 1.47. The van der Waals surface area contributed by atoms with Crippen LogP contribution in [0.4, 0.5) is 5.95 Å². The van der Waals surface area contributed by atoms with Gasteiger partial charge in [-0.2, -0.15) is 0 Å². The number of H-pyrrole nitrogens is 1. The number of aromatic nitrogens is 2. The van der Waals surface area contributed by atoms with Gasteiger partial charge in [-0.3, -0.25) is 10.1 Å². The maximum Gasteiger partial charge on any atom is 0.294 e. The monoisotopic (exact) mass is 333 g/mol. The van der Waals surface area contributed by atoms with Gasteiger partial charge in [0.05, 0.1) is 17.3 Å². The molecule has 0 aliphatic rings. The first-order chi connectivity index (χ1) is 12.3. The Labute approximate surface area is 143 Å². The third-order valence-electron chi connectivity index (χ3n) is 3.71. The first kappa shape index (κ1) is 15.0. The summed E-state index contributed by atoms with van der Waals surface area (Å²) in [7, 11) is 0. The van der Waals surface area contributed by atoms with Gasteiger partial charge in [0, 0.05) is 5.56 Å². The number of carbonyl (C=O) groups is 1. The molecule has 4 rings (SSSR count). The molecule has 6 nitrogen and oxygen atoms in total. The highest BCUT2D eigenvalue weighted by molar-refractivity contribution is 6.02. The number of benzene rings is 2. The van der Waals surface area contributed by atoms with Gasteiger partial charge in [-0.25, -0.2) is 4.98 Å². The maximum absolute atomic E-state index is 12.5. The number of carbonyl (C=O) groups excluding carboxylic acids is 1. The number of fused-ring (bicyclic) bond motifs is 1. The molecule has 124 valence electrons. The summed E-state index contributed by atoms with van der Waals surface area (Å²) in [5.74, 6) is 0.928. The van der Waals surface area contributed by atoms with Gasteiger partial charge in [0.15, 0.2) is 5.76 Å². The predicted molar refractivity (Wildman–Crippen MR) is 93.5 cm³/mol. The number of para-hydroxylation sites is 3. The van der Waals surface area contributed by atoms with Gasteiger partial charge >= 0.3 is 0 Å². The standard InChI is InChI=1S/C19H15N3O3/c23-18(22-19-20-15-8-4-5-9-16(15)21-19)17-13(10-11-24-17)12-25-14-6-2-1-3-7-14/h1-11H,12H2,(H2,20,21,22,23). The van der Waals surface area contributed by atoms with Gasteiger partial charge in [0.2, 0.25) is 5.95 Å². The third-order valence-corrected chi connectivity index (χ3v) is 3.71. The zero-order valence-corrected chi connectivity index (χ0v) is 13.2. The van der Waals surface area contributed by atoms with Gasteiger partial charge in [-0.15, -0.1) is 0 Å². The summed E-state index contributed by atoms with van der Waals surface area (Å²) in [6.45, 7) is 0.239. The van der Waals surface area contributed by atoms with Gasteiger partial charge in [0.25, 0.3) is 5.91 Å². The second-order valence-electron chi connectivity index (χ2n) is 5.43. The Bertz CT molecular complexity index is 972. The van der Waals surface area contributed by atoms with Crippen LogP contribution in [0, 0.1) is 0 Å². The summed E-state index contributed by atoms with van der Waals surface area (Å²) in [5.41, 5.74) is 2.30. The number of nitrogens with zero attached hydrogens (tertiary/aromatic N) is 1. The topological polar surface area (TPSA) is 80.2 Å². The number of furan rings is 1. The van der Waals surface area contributed by atoms with Crippen LogP contribution in [0.1, 0.15) is 16.1 Å². The first-order valence-electron chi connectivity index (χ1n) is 7.80. The van der Waals surface area contributed by atoms with Crippen LogP contribution in [-0.2, 0) is 6.61 Å². The SMILES string of the molecule is O=C(Nc1nc2ccccc2[nH]1)c1occc1COc1ccccc1. The van der Waals surface area contributed by atoms with Crippen molar-refractivity contribution in [2.45, 2.75) is 6.61 Å². The van der Waals surface area contributed by atoms with Gasteiger partial charge in [-0.1, -0.05) is 30.3 Å². The molecule has 0 unspecified atom stereocenters. The minimum Gasteiger partial charge on any atom is -0.489 e. The van der Waals surface area contributed by atoms with E-state index in [9.17, 15) is 4.79 Å². The van der Waals surface area contributed by atoms with E-state index in [1.165, 1.54) is 6.26 Å². The van der Waals surface area contributed by atoms with Gasteiger partial charge < -0.3 is 14.1 Å². The van der Waals surface area contributed by atoms with Crippen molar-refractivity contribution < 1.29 is 13.9 Å². The van der Waals surface area contributed by atoms with Crippen LogP contribution >= 0.6 is 0 Å². The average molecular weight is 333 g/mol. The molecular weight excluding hydrogens is 318 g/mol. The molecule has 0 atom stereocenters. The normalized spacial score (nSPS) is 10.7. The van der Waals surface area contributed by atoms with Crippen molar-refractivity contribution in [3.05, 3.63) is 78.3 Å². The fourth-order valence-electron chi connectivity index (χ4n) is 2.50. The van der Waals surface area contributed by atoms with E-state index in [0.717, 1.165) is 16.8 Å². The number of amides is 1. The van der Waals surface area contributed by atoms with Crippen molar-refractivity contribution in [3.63, 3.8) is 0 Å². The summed E-state index contributed by atoms with van der Waals surface area (Å²) in [5, 5.41) is 2.72. The zero-order chi connectivity index (χ0) is 17.1. The van der Waals surface area contributed by atoms with E-state index >= 15 is 0 Å². The van der Waals surface area contributed by atoms with Crippen LogP contribution in [-0.4, -0.2) is 15.9 Å². The van der Waals surface area contributed by atoms with E-state index in [1.807, 2.05) is 54.6 Å². The lowest BCUT2D eigenvalue weighted by molar-refractivity contribution is 0.0992.